The molecule has 2 amide bonds. The van der Waals surface area contributed by atoms with E-state index in [1.54, 1.807) is 6.92 Å². The third kappa shape index (κ3) is 3.37. The molecule has 1 aliphatic heterocycles. The molecule has 21 heavy (non-hydrogen) atoms. The minimum Gasteiger partial charge on any atom is -0.308 e. The summed E-state index contributed by atoms with van der Waals surface area (Å²) in [5, 5.41) is 8.31. The molecule has 0 radical (unpaired) electrons. The monoisotopic (exact) mass is 345 g/mol. The molecule has 0 spiro atoms. The van der Waals surface area contributed by atoms with Crippen molar-refractivity contribution < 1.29 is 9.59 Å². The molecule has 0 saturated heterocycles. The molecule has 2 rings (SSSR count). The van der Waals surface area contributed by atoms with Crippen LogP contribution in [0.5, 0.6) is 0 Å². The molecule has 0 unspecified atom stereocenters. The fourth-order valence-electron chi connectivity index (χ4n) is 1.65. The number of carbonyl (C=O) groups excluding carboxylic acids is 2. The quantitative estimate of drug-likeness (QED) is 0.834. The van der Waals surface area contributed by atoms with Crippen LogP contribution in [0.1, 0.15) is 13.3 Å². The number of rotatable bonds is 2. The lowest BCUT2D eigenvalue weighted by atomic mass is 10.3. The van der Waals surface area contributed by atoms with Crippen LogP contribution in [0.4, 0.5) is 5.69 Å². The standard InChI is InChI=1S/C13H10Cl3N3O2/c1-6(2)13(21)17-10-5-11(20)19(18-10)12-8(15)3-7(14)4-9(12)16/h3-4H,1,5H2,2H3,(H,17,18,21). The van der Waals surface area contributed by atoms with Gasteiger partial charge in [-0.05, 0) is 19.1 Å². The predicted octanol–water partition coefficient (Wildman–Crippen LogP) is 3.39. The number of anilines is 1. The van der Waals surface area contributed by atoms with Crippen molar-refractivity contribution in [1.82, 2.24) is 5.32 Å². The normalized spacial score (nSPS) is 14.2. The van der Waals surface area contributed by atoms with Gasteiger partial charge in [-0.3, -0.25) is 9.59 Å². The Hall–Kier alpha value is -1.56. The zero-order valence-corrected chi connectivity index (χ0v) is 13.2. The van der Waals surface area contributed by atoms with Crippen LogP contribution in [0.15, 0.2) is 29.4 Å². The summed E-state index contributed by atoms with van der Waals surface area (Å²) in [5.41, 5.74) is 0.540. The van der Waals surface area contributed by atoms with Gasteiger partial charge < -0.3 is 5.32 Å². The van der Waals surface area contributed by atoms with Crippen LogP contribution >= 0.6 is 34.8 Å². The number of hydrogen-bond acceptors (Lipinski definition) is 3. The lowest BCUT2D eigenvalue weighted by Gasteiger charge is -2.15. The summed E-state index contributed by atoms with van der Waals surface area (Å²) in [6.45, 7) is 5.06. The van der Waals surface area contributed by atoms with Crippen molar-refractivity contribution in [2.75, 3.05) is 5.01 Å². The average Bonchev–Trinajstić information content (AvgIpc) is 2.68. The Morgan fingerprint density at radius 3 is 2.43 bits per heavy atom. The average molecular weight is 347 g/mol. The smallest absolute Gasteiger partial charge is 0.255 e. The summed E-state index contributed by atoms with van der Waals surface area (Å²) in [5.74, 6) is -0.565. The maximum atomic E-state index is 12.0. The van der Waals surface area contributed by atoms with Crippen molar-refractivity contribution in [1.29, 1.82) is 0 Å². The van der Waals surface area contributed by atoms with E-state index in [9.17, 15) is 9.59 Å². The third-order valence-electron chi connectivity index (χ3n) is 2.61. The Kier molecular flexibility index (Phi) is 4.56. The van der Waals surface area contributed by atoms with Crippen LogP contribution in [0.2, 0.25) is 15.1 Å². The molecule has 1 heterocycles. The Bertz CT molecular complexity index is 662. The van der Waals surface area contributed by atoms with Crippen LogP contribution in [0.25, 0.3) is 0 Å². The van der Waals surface area contributed by atoms with Gasteiger partial charge in [-0.2, -0.15) is 10.1 Å². The molecule has 110 valence electrons. The van der Waals surface area contributed by atoms with E-state index in [1.165, 1.54) is 12.1 Å². The van der Waals surface area contributed by atoms with Gasteiger partial charge in [-0.1, -0.05) is 41.4 Å². The summed E-state index contributed by atoms with van der Waals surface area (Å²) in [6.07, 6.45) is -0.0612. The van der Waals surface area contributed by atoms with E-state index in [2.05, 4.69) is 17.0 Å². The van der Waals surface area contributed by atoms with Crippen molar-refractivity contribution in [3.8, 4) is 0 Å². The van der Waals surface area contributed by atoms with Gasteiger partial charge in [0.25, 0.3) is 11.8 Å². The predicted molar refractivity (Wildman–Crippen MR) is 84.0 cm³/mol. The van der Waals surface area contributed by atoms with Gasteiger partial charge in [0.15, 0.2) is 0 Å². The number of carbonyl (C=O) groups is 2. The van der Waals surface area contributed by atoms with Crippen LogP contribution in [0, 0.1) is 0 Å². The first kappa shape index (κ1) is 15.8. The molecule has 0 saturated carbocycles. The van der Waals surface area contributed by atoms with Crippen molar-refractivity contribution in [3.05, 3.63) is 39.4 Å². The van der Waals surface area contributed by atoms with E-state index in [0.29, 0.717) is 10.6 Å². The first-order valence-corrected chi connectivity index (χ1v) is 6.95. The molecule has 1 aromatic carbocycles. The van der Waals surface area contributed by atoms with E-state index in [0.717, 1.165) is 5.01 Å². The Balaban J connectivity index is 2.33. The van der Waals surface area contributed by atoms with Crippen molar-refractivity contribution >= 4 is 58.1 Å². The molecular formula is C13H10Cl3N3O2. The highest BCUT2D eigenvalue weighted by atomic mass is 35.5. The third-order valence-corrected chi connectivity index (χ3v) is 3.41. The van der Waals surface area contributed by atoms with Gasteiger partial charge in [-0.25, -0.2) is 0 Å². The number of hydrogen-bond donors (Lipinski definition) is 1. The second-order valence-corrected chi connectivity index (χ2v) is 5.63. The van der Waals surface area contributed by atoms with E-state index < -0.39 is 5.91 Å². The molecule has 8 heteroatoms. The second-order valence-electron chi connectivity index (χ2n) is 4.38. The van der Waals surface area contributed by atoms with Crippen LogP contribution in [-0.2, 0) is 9.59 Å². The van der Waals surface area contributed by atoms with Gasteiger partial charge in [0.05, 0.1) is 16.5 Å². The maximum Gasteiger partial charge on any atom is 0.255 e. The van der Waals surface area contributed by atoms with E-state index in [4.69, 9.17) is 34.8 Å². The van der Waals surface area contributed by atoms with E-state index in [-0.39, 0.29) is 33.9 Å². The fraction of sp³-hybridized carbons (Fsp3) is 0.154. The molecule has 1 aromatic rings. The topological polar surface area (TPSA) is 61.8 Å². The highest BCUT2D eigenvalue weighted by Gasteiger charge is 2.29. The van der Waals surface area contributed by atoms with Crippen molar-refractivity contribution in [2.45, 2.75) is 13.3 Å². The number of amides is 2. The van der Waals surface area contributed by atoms with Gasteiger partial charge in [0.2, 0.25) is 0 Å². The second kappa shape index (κ2) is 6.05. The molecule has 0 aliphatic carbocycles. The summed E-state index contributed by atoms with van der Waals surface area (Å²) >= 11 is 17.9. The summed E-state index contributed by atoms with van der Waals surface area (Å²) in [6, 6.07) is 2.91. The minimum absolute atomic E-state index is 0.0612. The van der Waals surface area contributed by atoms with Crippen molar-refractivity contribution in [2.24, 2.45) is 5.10 Å². The first-order chi connectivity index (χ1) is 9.79. The molecule has 0 fully saturated rings. The fourth-order valence-corrected chi connectivity index (χ4v) is 2.63. The lowest BCUT2D eigenvalue weighted by Crippen LogP contribution is -2.29. The number of nitrogens with one attached hydrogen (secondary N) is 1. The summed E-state index contributed by atoms with van der Waals surface area (Å²) in [7, 11) is 0. The van der Waals surface area contributed by atoms with Gasteiger partial charge in [0.1, 0.15) is 11.5 Å². The lowest BCUT2D eigenvalue weighted by molar-refractivity contribution is -0.116. The zero-order chi connectivity index (χ0) is 15.7. The van der Waals surface area contributed by atoms with Crippen molar-refractivity contribution in [3.63, 3.8) is 0 Å². The van der Waals surface area contributed by atoms with Crippen LogP contribution in [0.3, 0.4) is 0 Å². The highest BCUT2D eigenvalue weighted by molar-refractivity contribution is 6.42. The number of hydrazone groups is 1. The van der Waals surface area contributed by atoms with E-state index in [1.807, 2.05) is 0 Å². The van der Waals surface area contributed by atoms with Crippen LogP contribution in [-0.4, -0.2) is 17.6 Å². The number of nitrogens with zero attached hydrogens (tertiary/aromatic N) is 2. The Labute approximate surface area is 136 Å². The van der Waals surface area contributed by atoms with Crippen LogP contribution < -0.4 is 10.3 Å². The molecule has 0 bridgehead atoms. The minimum atomic E-state index is -0.406. The largest absolute Gasteiger partial charge is 0.308 e. The highest BCUT2D eigenvalue weighted by Crippen LogP contribution is 2.38. The Morgan fingerprint density at radius 1 is 1.33 bits per heavy atom. The maximum absolute atomic E-state index is 12.0. The van der Waals surface area contributed by atoms with Gasteiger partial charge in [0, 0.05) is 10.6 Å². The molecule has 0 aromatic heterocycles. The molecule has 5 nitrogen and oxygen atoms in total. The molecule has 1 N–H and O–H groups in total. The summed E-state index contributed by atoms with van der Waals surface area (Å²) < 4.78 is 0. The number of amidine groups is 1. The SMILES string of the molecule is C=C(C)C(=O)NC1=NN(c2c(Cl)cc(Cl)cc2Cl)C(=O)C1. The Morgan fingerprint density at radius 2 is 1.90 bits per heavy atom. The zero-order valence-electron chi connectivity index (χ0n) is 10.9. The summed E-state index contributed by atoms with van der Waals surface area (Å²) in [4.78, 5) is 23.5. The number of halogens is 3. The molecular weight excluding hydrogens is 337 g/mol. The molecule has 1 aliphatic rings. The van der Waals surface area contributed by atoms with Gasteiger partial charge >= 0.3 is 0 Å². The van der Waals surface area contributed by atoms with Gasteiger partial charge in [-0.15, -0.1) is 0 Å². The van der Waals surface area contributed by atoms with E-state index >= 15 is 0 Å². The first-order valence-electron chi connectivity index (χ1n) is 5.81. The number of benzene rings is 1. The molecule has 0 atom stereocenters.